The van der Waals surface area contributed by atoms with Crippen LogP contribution in [-0.4, -0.2) is 158 Å². The van der Waals surface area contributed by atoms with Crippen molar-refractivity contribution in [3.05, 3.63) is 23.3 Å². The van der Waals surface area contributed by atoms with Gasteiger partial charge in [-0.1, -0.05) is 40.5 Å². The summed E-state index contributed by atoms with van der Waals surface area (Å²) in [6, 6.07) is 0. The fourth-order valence-electron chi connectivity index (χ4n) is 4.60. The van der Waals surface area contributed by atoms with Crippen molar-refractivity contribution in [3.63, 3.8) is 0 Å². The molecule has 0 aliphatic rings. The summed E-state index contributed by atoms with van der Waals surface area (Å²) in [5.74, 6) is -55.4. The molecule has 0 aromatic rings. The second kappa shape index (κ2) is 26.7. The fraction of sp³-hybridized carbons (Fsp3) is 0.333. The topological polar surface area (TPSA) is 410 Å². The second-order valence-corrected chi connectivity index (χ2v) is 13.8. The average molecular weight is 974 g/mol. The molecule has 0 aliphatic heterocycles. The highest BCUT2D eigenvalue weighted by Gasteiger charge is 2.52. The molecule has 26 heteroatoms. The van der Waals surface area contributed by atoms with Gasteiger partial charge in [-0.2, -0.15) is 4.48 Å². The number of halogens is 1. The number of ketones is 22. The second-order valence-electron chi connectivity index (χ2n) is 13.8. The molecule has 0 rings (SSSR count). The van der Waals surface area contributed by atoms with Crippen molar-refractivity contribution in [2.24, 2.45) is 0 Å². The third-order valence-corrected chi connectivity index (χ3v) is 8.72. The number of imide groups is 1. The Kier molecular flexibility index (Phi) is 24.3. The van der Waals surface area contributed by atoms with Gasteiger partial charge in [0.1, 0.15) is 0 Å². The number of hydrogen-bond acceptors (Lipinski definition) is 24. The number of carbonyl (C=O) groups is 24. The minimum absolute atomic E-state index is 0. The fourth-order valence-corrected chi connectivity index (χ4v) is 4.60. The summed E-state index contributed by atoms with van der Waals surface area (Å²) in [5, 5.41) is 0. The number of allylic oxidation sites excluding steroid dienone is 4. The van der Waals surface area contributed by atoms with Crippen LogP contribution in [0.2, 0.25) is 0 Å². The Hall–Kier alpha value is -8.19. The predicted octanol–water partition coefficient (Wildman–Crippen LogP) is -7.31. The summed E-state index contributed by atoms with van der Waals surface area (Å²) in [7, 11) is 0.442. The van der Waals surface area contributed by atoms with Gasteiger partial charge in [0, 0.05) is 24.0 Å². The van der Waals surface area contributed by atoms with E-state index in [0.29, 0.717) is 12.8 Å². The number of likely N-dealkylation sites (N-methyl/N-ethyl adjacent to an activating group) is 1. The minimum atomic E-state index is -2.83. The number of nitrogens with zero attached hydrogens (tertiary/aromatic N) is 1. The van der Waals surface area contributed by atoms with E-state index >= 15 is 0 Å². The molecule has 0 aromatic heterocycles. The first-order valence-electron chi connectivity index (χ1n) is 19.1. The lowest BCUT2D eigenvalue weighted by molar-refractivity contribution is -0.727. The van der Waals surface area contributed by atoms with E-state index < -0.39 is 180 Å². The normalized spacial score (nSPS) is 11.0. The molecule has 68 heavy (non-hydrogen) atoms. The lowest BCUT2D eigenvalue weighted by Gasteiger charge is -2.20. The van der Waals surface area contributed by atoms with Crippen LogP contribution in [0, 0.1) is 0 Å². The van der Waals surface area contributed by atoms with Crippen LogP contribution in [0.3, 0.4) is 0 Å². The maximum Gasteiger partial charge on any atom is 0.397 e. The number of unbranched alkanes of at least 4 members (excludes halogenated alkanes) is 2. The molecule has 0 saturated carbocycles. The Bertz CT molecular complexity index is 2380. The van der Waals surface area contributed by atoms with E-state index in [1.165, 1.54) is 0 Å². The molecule has 0 heterocycles. The predicted molar refractivity (Wildman–Crippen MR) is 208 cm³/mol. The van der Waals surface area contributed by atoms with Crippen LogP contribution in [0.15, 0.2) is 23.3 Å². The third-order valence-electron chi connectivity index (χ3n) is 8.72. The van der Waals surface area contributed by atoms with Crippen LogP contribution < -0.4 is 12.4 Å². The Labute approximate surface area is 386 Å². The van der Waals surface area contributed by atoms with E-state index in [1.54, 1.807) is 13.8 Å². The largest absolute Gasteiger partial charge is 1.00 e. The van der Waals surface area contributed by atoms with E-state index in [9.17, 15) is 115 Å². The highest BCUT2D eigenvalue weighted by Crippen LogP contribution is 2.10. The van der Waals surface area contributed by atoms with Crippen molar-refractivity contribution >= 4 is 139 Å². The molecule has 0 N–H and O–H groups in total. The van der Waals surface area contributed by atoms with Gasteiger partial charge < -0.3 is 12.4 Å². The van der Waals surface area contributed by atoms with Crippen LogP contribution in [0.5, 0.6) is 0 Å². The SMILES string of the molecule is CCCCC(=O)C(=O)C(=O)C(=O)/C=C(/CC)C(=O)C(=O)C(=O)C(=O)C(=O)C(=O)C(=O)C(=O)[N+](C)(C)C(=O)C(=O)C(=O)C(=O)C(=O)C(=O)C(=O)C(=O)/C(=C\C(=O)C(=O)C(=O)C(=O)CCCC)CC.[Cl-]. The van der Waals surface area contributed by atoms with Crippen molar-refractivity contribution in [3.8, 4) is 0 Å². The first kappa shape index (κ1) is 61.9. The minimum Gasteiger partial charge on any atom is -1.00 e. The van der Waals surface area contributed by atoms with Gasteiger partial charge in [-0.05, 0) is 37.8 Å². The Morgan fingerprint density at radius 2 is 0.529 bits per heavy atom. The summed E-state index contributed by atoms with van der Waals surface area (Å²) in [6.07, 6.45) is -0.904. The third kappa shape index (κ3) is 14.9. The quantitative estimate of drug-likeness (QED) is 0.0261. The number of carbonyl (C=O) groups excluding carboxylic acids is 24. The summed E-state index contributed by atoms with van der Waals surface area (Å²) >= 11 is 0. The average Bonchev–Trinajstić information content (AvgIpc) is 3.32. The molecule has 0 saturated heterocycles. The van der Waals surface area contributed by atoms with Gasteiger partial charge in [0.2, 0.25) is 34.7 Å². The lowest BCUT2D eigenvalue weighted by Crippen LogP contribution is -3.00. The van der Waals surface area contributed by atoms with Gasteiger partial charge in [0.25, 0.3) is 81.0 Å². The number of Topliss-reactive ketones (excluding diaryl/α,β-unsaturated/α-hetero) is 20. The summed E-state index contributed by atoms with van der Waals surface area (Å²) < 4.78 is -2.47. The van der Waals surface area contributed by atoms with Crippen molar-refractivity contribution < 1.29 is 132 Å². The lowest BCUT2D eigenvalue weighted by atomic mass is 9.95. The standard InChI is InChI=1S/C42H36NO24.ClH/c1-7-11-13-19(44)25(50)27(52)21(46)15-17(9-3)23(48)29(54)31(56)33(58)35(60)37(62)39(64)41(66)43(5,6)42(67)40(65)38(63)36(61)34(59)32(57)30(55)24(49)18(10-4)16-22(47)28(53)26(51)20(45)14-12-8-2;/h15-16H,7-14H2,1-6H3;1H/q+1;/p-1/b17-15-,18-16-;. The molecule has 0 radical (unpaired) electrons. The van der Waals surface area contributed by atoms with Crippen LogP contribution in [0.4, 0.5) is 0 Å². The van der Waals surface area contributed by atoms with E-state index in [0.717, 1.165) is 13.8 Å². The van der Waals surface area contributed by atoms with Gasteiger partial charge >= 0.3 is 23.4 Å². The number of hydrogen-bond donors (Lipinski definition) is 0. The maximum atomic E-state index is 12.8. The van der Waals surface area contributed by atoms with E-state index in [-0.39, 0.29) is 51.5 Å². The van der Waals surface area contributed by atoms with Crippen LogP contribution in [0.1, 0.15) is 79.1 Å². The van der Waals surface area contributed by atoms with Crippen LogP contribution >= 0.6 is 0 Å². The van der Waals surface area contributed by atoms with Crippen LogP contribution in [0.25, 0.3) is 0 Å². The summed E-state index contributed by atoms with van der Waals surface area (Å²) in [5.41, 5.74) is -2.09. The van der Waals surface area contributed by atoms with Crippen molar-refractivity contribution in [2.45, 2.75) is 79.1 Å². The van der Waals surface area contributed by atoms with E-state index in [1.807, 2.05) is 0 Å². The highest BCUT2D eigenvalue weighted by atomic mass is 35.5. The molecule has 0 aromatic carbocycles. The first-order chi connectivity index (χ1) is 30.9. The Morgan fingerprint density at radius 3 is 0.750 bits per heavy atom. The molecule has 0 unspecified atom stereocenters. The Balaban J connectivity index is 0. The molecule has 25 nitrogen and oxygen atoms in total. The monoisotopic (exact) mass is 973 g/mol. The zero-order valence-corrected chi connectivity index (χ0v) is 37.2. The molecule has 0 atom stereocenters. The Morgan fingerprint density at radius 1 is 0.309 bits per heavy atom. The van der Waals surface area contributed by atoms with Gasteiger partial charge in [0.05, 0.1) is 14.1 Å². The van der Waals surface area contributed by atoms with Gasteiger partial charge in [0.15, 0.2) is 0 Å². The first-order valence-corrected chi connectivity index (χ1v) is 19.1. The van der Waals surface area contributed by atoms with Gasteiger partial charge in [-0.3, -0.25) is 105 Å². The molecule has 0 spiro atoms. The number of quaternary nitrogens is 1. The smallest absolute Gasteiger partial charge is 0.397 e. The molecule has 360 valence electrons. The zero-order valence-electron chi connectivity index (χ0n) is 36.4. The van der Waals surface area contributed by atoms with E-state index in [4.69, 9.17) is 0 Å². The van der Waals surface area contributed by atoms with Crippen molar-refractivity contribution in [1.29, 1.82) is 0 Å². The van der Waals surface area contributed by atoms with Crippen LogP contribution in [-0.2, 0) is 115 Å². The number of rotatable bonds is 32. The van der Waals surface area contributed by atoms with Crippen molar-refractivity contribution in [2.75, 3.05) is 14.1 Å². The zero-order chi connectivity index (χ0) is 52.6. The van der Waals surface area contributed by atoms with Gasteiger partial charge in [-0.25, -0.2) is 9.59 Å². The summed E-state index contributed by atoms with van der Waals surface area (Å²) in [6.45, 7) is 5.34. The van der Waals surface area contributed by atoms with E-state index in [2.05, 4.69) is 0 Å². The van der Waals surface area contributed by atoms with Gasteiger partial charge in [-0.15, -0.1) is 0 Å². The molecule has 2 amide bonds. The number of amides is 2. The molecular weight excluding hydrogens is 938 g/mol. The maximum absolute atomic E-state index is 12.8. The van der Waals surface area contributed by atoms with Crippen molar-refractivity contribution in [1.82, 2.24) is 0 Å². The highest BCUT2D eigenvalue weighted by molar-refractivity contribution is 7.00. The molecular formula is C42H36ClNO24. The molecule has 0 bridgehead atoms. The summed E-state index contributed by atoms with van der Waals surface area (Å²) in [4.78, 5) is 296. The molecule has 0 fully saturated rings. The molecule has 0 aliphatic carbocycles.